The number of H-pyrrole nitrogens is 1. The second-order valence-electron chi connectivity index (χ2n) is 4.98. The van der Waals surface area contributed by atoms with Gasteiger partial charge in [0.1, 0.15) is 5.75 Å². The van der Waals surface area contributed by atoms with Crippen LogP contribution in [-0.2, 0) is 13.1 Å². The lowest BCUT2D eigenvalue weighted by atomic mass is 10.1. The van der Waals surface area contributed by atoms with Crippen LogP contribution in [0.15, 0.2) is 49.2 Å². The first-order valence-electron chi connectivity index (χ1n) is 7.20. The summed E-state index contributed by atoms with van der Waals surface area (Å²) in [5.41, 5.74) is 3.23. The van der Waals surface area contributed by atoms with Crippen LogP contribution in [0, 0.1) is 0 Å². The quantitative estimate of drug-likeness (QED) is 0.655. The number of nitrogens with one attached hydrogen (secondary N) is 2. The number of aromatic nitrogens is 4. The summed E-state index contributed by atoms with van der Waals surface area (Å²) < 4.78 is 7.32. The van der Waals surface area contributed by atoms with Crippen molar-refractivity contribution >= 4 is 0 Å². The normalized spacial score (nSPS) is 10.8. The lowest BCUT2D eigenvalue weighted by molar-refractivity contribution is 0.415. The first-order chi connectivity index (χ1) is 10.9. The third-order valence-electron chi connectivity index (χ3n) is 3.50. The van der Waals surface area contributed by atoms with Crippen LogP contribution >= 0.6 is 0 Å². The summed E-state index contributed by atoms with van der Waals surface area (Å²) in [5.74, 6) is 0.839. The van der Waals surface area contributed by atoms with E-state index < -0.39 is 0 Å². The summed E-state index contributed by atoms with van der Waals surface area (Å²) in [4.78, 5) is 4.03. The molecule has 0 unspecified atom stereocenters. The number of methoxy groups -OCH3 is 1. The molecule has 114 valence electrons. The molecule has 2 N–H and O–H groups in total. The summed E-state index contributed by atoms with van der Waals surface area (Å²) in [5, 5.41) is 10.7. The fraction of sp³-hybridized carbons (Fsp3) is 0.250. The van der Waals surface area contributed by atoms with Crippen LogP contribution in [-0.4, -0.2) is 33.4 Å². The molecule has 0 spiro atoms. The maximum Gasteiger partial charge on any atom is 0.119 e. The first-order valence-corrected chi connectivity index (χ1v) is 7.20. The van der Waals surface area contributed by atoms with Gasteiger partial charge in [-0.1, -0.05) is 12.1 Å². The lowest BCUT2D eigenvalue weighted by Crippen LogP contribution is -2.19. The molecule has 3 rings (SSSR count). The van der Waals surface area contributed by atoms with Crippen molar-refractivity contribution in [2.45, 2.75) is 13.1 Å². The van der Waals surface area contributed by atoms with Gasteiger partial charge in [-0.15, -0.1) is 0 Å². The van der Waals surface area contributed by atoms with Crippen LogP contribution in [0.4, 0.5) is 0 Å². The fourth-order valence-corrected chi connectivity index (χ4v) is 2.32. The molecule has 0 fully saturated rings. The Morgan fingerprint density at radius 2 is 2.32 bits per heavy atom. The number of rotatable bonds is 7. The third-order valence-corrected chi connectivity index (χ3v) is 3.50. The molecule has 0 aliphatic rings. The lowest BCUT2D eigenvalue weighted by Gasteiger charge is -2.07. The molecule has 0 saturated carbocycles. The molecule has 1 aromatic carbocycles. The van der Waals surface area contributed by atoms with E-state index in [1.165, 1.54) is 0 Å². The van der Waals surface area contributed by atoms with Crippen LogP contribution in [0.2, 0.25) is 0 Å². The van der Waals surface area contributed by atoms with Crippen LogP contribution in [0.1, 0.15) is 5.56 Å². The molecular formula is C16H19N5O. The summed E-state index contributed by atoms with van der Waals surface area (Å²) in [6.07, 6.45) is 7.43. The molecule has 0 aliphatic heterocycles. The van der Waals surface area contributed by atoms with E-state index in [9.17, 15) is 0 Å². The maximum atomic E-state index is 5.27. The zero-order valence-electron chi connectivity index (χ0n) is 12.5. The second-order valence-corrected chi connectivity index (χ2v) is 4.98. The average molecular weight is 297 g/mol. The second kappa shape index (κ2) is 6.91. The Balaban J connectivity index is 1.62. The SMILES string of the molecule is COc1cccc(-c2[nH]ncc2CNCCn2ccnc2)c1. The highest BCUT2D eigenvalue weighted by Crippen LogP contribution is 2.24. The number of aromatic amines is 1. The number of hydrogen-bond acceptors (Lipinski definition) is 4. The zero-order valence-corrected chi connectivity index (χ0v) is 12.5. The van der Waals surface area contributed by atoms with Crippen molar-refractivity contribution in [1.82, 2.24) is 25.1 Å². The predicted molar refractivity (Wildman–Crippen MR) is 84.5 cm³/mol. The fourth-order valence-electron chi connectivity index (χ4n) is 2.32. The monoisotopic (exact) mass is 297 g/mol. The van der Waals surface area contributed by atoms with Gasteiger partial charge in [0.25, 0.3) is 0 Å². The van der Waals surface area contributed by atoms with E-state index in [2.05, 4.69) is 20.5 Å². The molecule has 0 bridgehead atoms. The smallest absolute Gasteiger partial charge is 0.119 e. The minimum Gasteiger partial charge on any atom is -0.497 e. The largest absolute Gasteiger partial charge is 0.497 e. The van der Waals surface area contributed by atoms with Crippen molar-refractivity contribution in [2.75, 3.05) is 13.7 Å². The Morgan fingerprint density at radius 1 is 1.36 bits per heavy atom. The van der Waals surface area contributed by atoms with Crippen molar-refractivity contribution < 1.29 is 4.74 Å². The number of ether oxygens (including phenoxy) is 1. The van der Waals surface area contributed by atoms with Crippen LogP contribution < -0.4 is 10.1 Å². The van der Waals surface area contributed by atoms with Gasteiger partial charge < -0.3 is 14.6 Å². The van der Waals surface area contributed by atoms with E-state index in [-0.39, 0.29) is 0 Å². The molecule has 0 saturated heterocycles. The van der Waals surface area contributed by atoms with E-state index >= 15 is 0 Å². The average Bonchev–Trinajstić information content (AvgIpc) is 3.23. The summed E-state index contributed by atoms with van der Waals surface area (Å²) in [6.45, 7) is 2.53. The minimum absolute atomic E-state index is 0.762. The van der Waals surface area contributed by atoms with Gasteiger partial charge in [-0.2, -0.15) is 5.10 Å². The highest BCUT2D eigenvalue weighted by molar-refractivity contribution is 5.64. The zero-order chi connectivity index (χ0) is 15.2. The van der Waals surface area contributed by atoms with Gasteiger partial charge in [-0.05, 0) is 12.1 Å². The molecule has 6 heteroatoms. The molecular weight excluding hydrogens is 278 g/mol. The number of hydrogen-bond donors (Lipinski definition) is 2. The third kappa shape index (κ3) is 3.35. The first kappa shape index (κ1) is 14.3. The van der Waals surface area contributed by atoms with Gasteiger partial charge in [0.15, 0.2) is 0 Å². The molecule has 22 heavy (non-hydrogen) atoms. The Bertz CT molecular complexity index is 705. The summed E-state index contributed by atoms with van der Waals surface area (Å²) in [6, 6.07) is 7.96. The molecule has 0 amide bonds. The molecule has 3 aromatic rings. The van der Waals surface area contributed by atoms with Gasteiger partial charge in [-0.25, -0.2) is 4.98 Å². The van der Waals surface area contributed by atoms with E-state index in [1.807, 2.05) is 47.6 Å². The van der Waals surface area contributed by atoms with Crippen LogP contribution in [0.25, 0.3) is 11.3 Å². The Labute approximate surface area is 129 Å². The number of imidazole rings is 1. The summed E-state index contributed by atoms with van der Waals surface area (Å²) in [7, 11) is 1.67. The Kier molecular flexibility index (Phi) is 4.50. The van der Waals surface area contributed by atoms with Crippen molar-refractivity contribution in [3.05, 3.63) is 54.7 Å². The van der Waals surface area contributed by atoms with Crippen LogP contribution in [0.5, 0.6) is 5.75 Å². The molecule has 0 radical (unpaired) electrons. The van der Waals surface area contributed by atoms with Crippen molar-refractivity contribution in [3.8, 4) is 17.0 Å². The maximum absolute atomic E-state index is 5.27. The Morgan fingerprint density at radius 3 is 3.14 bits per heavy atom. The highest BCUT2D eigenvalue weighted by atomic mass is 16.5. The van der Waals surface area contributed by atoms with Gasteiger partial charge in [-0.3, -0.25) is 5.10 Å². The summed E-state index contributed by atoms with van der Waals surface area (Å²) >= 11 is 0. The standard InChI is InChI=1S/C16H19N5O/c1-22-15-4-2-3-13(9-15)16-14(11-19-20-16)10-17-5-7-21-8-6-18-12-21/h2-4,6,8-9,11-12,17H,5,7,10H2,1H3,(H,19,20). The van der Waals surface area contributed by atoms with Crippen molar-refractivity contribution in [2.24, 2.45) is 0 Å². The van der Waals surface area contributed by atoms with Crippen molar-refractivity contribution in [1.29, 1.82) is 0 Å². The van der Waals surface area contributed by atoms with Gasteiger partial charge >= 0.3 is 0 Å². The highest BCUT2D eigenvalue weighted by Gasteiger charge is 2.08. The predicted octanol–water partition coefficient (Wildman–Crippen LogP) is 2.07. The van der Waals surface area contributed by atoms with Gasteiger partial charge in [0, 0.05) is 43.2 Å². The van der Waals surface area contributed by atoms with E-state index in [4.69, 9.17) is 4.74 Å². The van der Waals surface area contributed by atoms with E-state index in [1.54, 1.807) is 13.3 Å². The van der Waals surface area contributed by atoms with Crippen molar-refractivity contribution in [3.63, 3.8) is 0 Å². The van der Waals surface area contributed by atoms with E-state index in [0.29, 0.717) is 0 Å². The number of benzene rings is 1. The van der Waals surface area contributed by atoms with Gasteiger partial charge in [0.2, 0.25) is 0 Å². The number of nitrogens with zero attached hydrogens (tertiary/aromatic N) is 3. The van der Waals surface area contributed by atoms with Gasteiger partial charge in [0.05, 0.1) is 25.3 Å². The Hall–Kier alpha value is -2.60. The molecule has 0 aliphatic carbocycles. The van der Waals surface area contributed by atoms with Crippen LogP contribution in [0.3, 0.4) is 0 Å². The molecule has 2 aromatic heterocycles. The molecule has 6 nitrogen and oxygen atoms in total. The molecule has 2 heterocycles. The topological polar surface area (TPSA) is 67.8 Å². The minimum atomic E-state index is 0.762. The molecule has 0 atom stereocenters. The van der Waals surface area contributed by atoms with E-state index in [0.717, 1.165) is 42.2 Å².